The summed E-state index contributed by atoms with van der Waals surface area (Å²) in [4.78, 5) is 48.7. The number of amides is 4. The second-order valence-electron chi connectivity index (χ2n) is 9.80. The smallest absolute Gasteiger partial charge is 0.258 e. The first kappa shape index (κ1) is 31.7. The van der Waals surface area contributed by atoms with Gasteiger partial charge in [0.05, 0.1) is 22.5 Å². The highest BCUT2D eigenvalue weighted by molar-refractivity contribution is 6.28. The summed E-state index contributed by atoms with van der Waals surface area (Å²) < 4.78 is 130. The molecule has 16 heteroatoms. The molecule has 0 N–H and O–H groups in total. The molecule has 4 amide bonds. The standard InChI is InChI=1S/C32H12F8N2O6/c33-23-21(24(34)28(38)31(27(23)37)47-15-5-1-13(2-6-15)41-17(43)9-10-18(41)44)22-25(35)29(39)32(30(40)26(22)36)48-16-7-3-14(4-8-16)42-19(45)11-12-20(42)46/h1-12H. The van der Waals surface area contributed by atoms with E-state index >= 15 is 35.1 Å². The number of hydrogen-bond acceptors (Lipinski definition) is 6. The van der Waals surface area contributed by atoms with Crippen LogP contribution in [0, 0.1) is 46.5 Å². The van der Waals surface area contributed by atoms with E-state index in [-0.39, 0.29) is 11.4 Å². The lowest BCUT2D eigenvalue weighted by molar-refractivity contribution is -0.121. The summed E-state index contributed by atoms with van der Waals surface area (Å²) in [5.41, 5.74) is -4.29. The lowest BCUT2D eigenvalue weighted by atomic mass is 10.0. The minimum Gasteiger partial charge on any atom is -0.451 e. The SMILES string of the molecule is O=C1C=CC(=O)N1c1ccc(Oc2c(F)c(F)c(-c3c(F)c(F)c(Oc4ccc(N5C(=O)C=CC5=O)cc4)c(F)c3F)c(F)c2F)cc1. The number of halogens is 8. The maximum absolute atomic E-state index is 15.1. The van der Waals surface area contributed by atoms with Crippen molar-refractivity contribution in [2.24, 2.45) is 0 Å². The Kier molecular flexibility index (Phi) is 7.78. The maximum Gasteiger partial charge on any atom is 0.258 e. The molecule has 4 aromatic carbocycles. The third-order valence-electron chi connectivity index (χ3n) is 6.94. The molecule has 2 aliphatic rings. The van der Waals surface area contributed by atoms with E-state index < -0.39 is 104 Å². The van der Waals surface area contributed by atoms with Gasteiger partial charge in [0.1, 0.15) is 11.5 Å². The number of carbonyl (C=O) groups is 4. The Bertz CT molecular complexity index is 1900. The van der Waals surface area contributed by atoms with E-state index in [1.807, 2.05) is 0 Å². The van der Waals surface area contributed by atoms with Crippen LogP contribution in [0.25, 0.3) is 11.1 Å². The van der Waals surface area contributed by atoms with E-state index in [2.05, 4.69) is 0 Å². The fourth-order valence-electron chi connectivity index (χ4n) is 4.71. The second kappa shape index (κ2) is 11.8. The first-order valence-electron chi connectivity index (χ1n) is 13.2. The fourth-order valence-corrected chi connectivity index (χ4v) is 4.71. The molecule has 0 saturated carbocycles. The van der Waals surface area contributed by atoms with Gasteiger partial charge in [-0.25, -0.2) is 27.4 Å². The third-order valence-corrected chi connectivity index (χ3v) is 6.94. The lowest BCUT2D eigenvalue weighted by Crippen LogP contribution is -2.29. The molecule has 0 bridgehead atoms. The van der Waals surface area contributed by atoms with Crippen LogP contribution in [0.1, 0.15) is 0 Å². The van der Waals surface area contributed by atoms with Gasteiger partial charge < -0.3 is 9.47 Å². The second-order valence-corrected chi connectivity index (χ2v) is 9.80. The molecule has 242 valence electrons. The number of ether oxygens (including phenoxy) is 2. The average Bonchev–Trinajstić information content (AvgIpc) is 3.60. The van der Waals surface area contributed by atoms with Crippen LogP contribution in [0.15, 0.2) is 72.8 Å². The number of nitrogens with zero attached hydrogens (tertiary/aromatic N) is 2. The van der Waals surface area contributed by atoms with Crippen LogP contribution in [0.2, 0.25) is 0 Å². The van der Waals surface area contributed by atoms with Crippen LogP contribution in [0.4, 0.5) is 46.5 Å². The minimum absolute atomic E-state index is 0.00283. The Morgan fingerprint density at radius 1 is 0.375 bits per heavy atom. The summed E-state index contributed by atoms with van der Waals surface area (Å²) in [6.07, 6.45) is 3.93. The first-order valence-corrected chi connectivity index (χ1v) is 13.2. The molecule has 0 atom stereocenters. The van der Waals surface area contributed by atoms with Crippen LogP contribution in [-0.4, -0.2) is 23.6 Å². The van der Waals surface area contributed by atoms with Crippen molar-refractivity contribution in [3.05, 3.63) is 119 Å². The van der Waals surface area contributed by atoms with Crippen molar-refractivity contribution in [2.75, 3.05) is 9.80 Å². The van der Waals surface area contributed by atoms with Crippen LogP contribution in [0.5, 0.6) is 23.0 Å². The topological polar surface area (TPSA) is 93.2 Å². The number of anilines is 2. The van der Waals surface area contributed by atoms with Crippen LogP contribution >= 0.6 is 0 Å². The number of benzene rings is 4. The highest BCUT2D eigenvalue weighted by Crippen LogP contribution is 2.43. The van der Waals surface area contributed by atoms with Gasteiger partial charge in [-0.1, -0.05) is 0 Å². The first-order chi connectivity index (χ1) is 22.8. The molecule has 2 aliphatic heterocycles. The fraction of sp³-hybridized carbons (Fsp3) is 0. The van der Waals surface area contributed by atoms with E-state index in [1.165, 1.54) is 0 Å². The van der Waals surface area contributed by atoms with Crippen molar-refractivity contribution in [1.29, 1.82) is 0 Å². The molecular weight excluding hydrogens is 660 g/mol. The van der Waals surface area contributed by atoms with E-state index in [4.69, 9.17) is 9.47 Å². The largest absolute Gasteiger partial charge is 0.451 e. The van der Waals surface area contributed by atoms with Gasteiger partial charge in [0, 0.05) is 24.3 Å². The molecule has 0 unspecified atom stereocenters. The zero-order chi connectivity index (χ0) is 34.6. The Hall–Kier alpha value is -6.32. The van der Waals surface area contributed by atoms with Crippen LogP contribution in [0.3, 0.4) is 0 Å². The maximum atomic E-state index is 15.1. The van der Waals surface area contributed by atoms with E-state index in [0.717, 1.165) is 82.6 Å². The van der Waals surface area contributed by atoms with Gasteiger partial charge in [0.2, 0.25) is 34.8 Å². The van der Waals surface area contributed by atoms with Gasteiger partial charge in [-0.05, 0) is 48.5 Å². The monoisotopic (exact) mass is 672 g/mol. The Morgan fingerprint density at radius 3 is 0.875 bits per heavy atom. The highest BCUT2D eigenvalue weighted by atomic mass is 19.2. The van der Waals surface area contributed by atoms with Gasteiger partial charge in [-0.2, -0.15) is 17.6 Å². The van der Waals surface area contributed by atoms with Crippen molar-refractivity contribution >= 4 is 35.0 Å². The zero-order valence-corrected chi connectivity index (χ0v) is 23.3. The molecular formula is C32H12F8N2O6. The summed E-state index contributed by atoms with van der Waals surface area (Å²) in [5.74, 6) is -26.5. The predicted octanol–water partition coefficient (Wildman–Crippen LogP) is 6.91. The molecule has 48 heavy (non-hydrogen) atoms. The molecule has 8 nitrogen and oxygen atoms in total. The summed E-state index contributed by atoms with van der Waals surface area (Å²) in [6, 6.07) is 8.25. The normalized spacial score (nSPS) is 14.2. The predicted molar refractivity (Wildman–Crippen MR) is 148 cm³/mol. The average molecular weight is 672 g/mol. The summed E-state index contributed by atoms with van der Waals surface area (Å²) in [6.45, 7) is 0. The van der Waals surface area contributed by atoms with Gasteiger partial charge >= 0.3 is 0 Å². The molecule has 0 radical (unpaired) electrons. The molecule has 4 aromatic rings. The number of hydrogen-bond donors (Lipinski definition) is 0. The lowest BCUT2D eigenvalue weighted by Gasteiger charge is -2.17. The van der Waals surface area contributed by atoms with Crippen molar-refractivity contribution in [1.82, 2.24) is 0 Å². The molecule has 2 heterocycles. The Balaban J connectivity index is 1.31. The van der Waals surface area contributed by atoms with Crippen molar-refractivity contribution < 1.29 is 63.8 Å². The van der Waals surface area contributed by atoms with Gasteiger partial charge in [0.15, 0.2) is 23.3 Å². The zero-order valence-electron chi connectivity index (χ0n) is 23.3. The Labute approximate surface area is 262 Å². The highest BCUT2D eigenvalue weighted by Gasteiger charge is 2.36. The molecule has 0 saturated heterocycles. The molecule has 0 spiro atoms. The number of imide groups is 2. The number of carbonyl (C=O) groups excluding carboxylic acids is 4. The van der Waals surface area contributed by atoms with E-state index in [9.17, 15) is 19.2 Å². The van der Waals surface area contributed by atoms with E-state index in [1.54, 1.807) is 0 Å². The van der Waals surface area contributed by atoms with Crippen molar-refractivity contribution in [3.8, 4) is 34.1 Å². The van der Waals surface area contributed by atoms with Gasteiger partial charge in [-0.3, -0.25) is 19.2 Å². The summed E-state index contributed by atoms with van der Waals surface area (Å²) in [7, 11) is 0. The molecule has 6 rings (SSSR count). The molecule has 0 aromatic heterocycles. The summed E-state index contributed by atoms with van der Waals surface area (Å²) >= 11 is 0. The summed E-state index contributed by atoms with van der Waals surface area (Å²) in [5, 5.41) is 0. The van der Waals surface area contributed by atoms with Gasteiger partial charge in [0.25, 0.3) is 23.6 Å². The van der Waals surface area contributed by atoms with Crippen molar-refractivity contribution in [3.63, 3.8) is 0 Å². The Morgan fingerprint density at radius 2 is 0.625 bits per heavy atom. The molecule has 0 fully saturated rings. The van der Waals surface area contributed by atoms with Crippen LogP contribution < -0.4 is 19.3 Å². The van der Waals surface area contributed by atoms with Crippen LogP contribution in [-0.2, 0) is 19.2 Å². The minimum atomic E-state index is -2.48. The quantitative estimate of drug-likeness (QED) is 0.120. The third kappa shape index (κ3) is 5.12. The van der Waals surface area contributed by atoms with Crippen molar-refractivity contribution in [2.45, 2.75) is 0 Å². The van der Waals surface area contributed by atoms with E-state index in [0.29, 0.717) is 0 Å². The molecule has 0 aliphatic carbocycles. The van der Waals surface area contributed by atoms with Gasteiger partial charge in [-0.15, -0.1) is 0 Å². The number of rotatable bonds is 7.